The molecule has 0 saturated carbocycles. The molecule has 4 nitrogen and oxygen atoms in total. The van der Waals surface area contributed by atoms with Crippen LogP contribution >= 0.6 is 0 Å². The predicted molar refractivity (Wildman–Crippen MR) is 78.0 cm³/mol. The van der Waals surface area contributed by atoms with Gasteiger partial charge in [0.2, 0.25) is 5.95 Å². The average Bonchev–Trinajstić information content (AvgIpc) is 2.76. The highest BCUT2D eigenvalue weighted by atomic mass is 16.5. The van der Waals surface area contributed by atoms with Crippen LogP contribution in [0.5, 0.6) is 0 Å². The molecule has 1 unspecified atom stereocenters. The van der Waals surface area contributed by atoms with Crippen molar-refractivity contribution in [1.82, 2.24) is 9.55 Å². The van der Waals surface area contributed by atoms with Crippen LogP contribution in [0.3, 0.4) is 0 Å². The van der Waals surface area contributed by atoms with Crippen LogP contribution in [0.2, 0.25) is 0 Å². The SMILES string of the molecule is COCC(C)Nc1nccn1-c1cc(C)cc(C)c1. The van der Waals surface area contributed by atoms with E-state index in [0.717, 1.165) is 11.6 Å². The third-order valence-electron chi connectivity index (χ3n) is 2.92. The lowest BCUT2D eigenvalue weighted by Gasteiger charge is -2.15. The van der Waals surface area contributed by atoms with Crippen LogP contribution in [0.15, 0.2) is 30.6 Å². The van der Waals surface area contributed by atoms with Gasteiger partial charge in [-0.05, 0) is 44.0 Å². The number of imidazole rings is 1. The number of aromatic nitrogens is 2. The maximum atomic E-state index is 5.14. The highest BCUT2D eigenvalue weighted by Crippen LogP contribution is 2.18. The molecule has 2 aromatic rings. The maximum absolute atomic E-state index is 5.14. The van der Waals surface area contributed by atoms with Crippen molar-refractivity contribution < 1.29 is 4.74 Å². The molecule has 1 atom stereocenters. The molecular formula is C15H21N3O. The van der Waals surface area contributed by atoms with Crippen molar-refractivity contribution in [3.05, 3.63) is 41.7 Å². The van der Waals surface area contributed by atoms with Crippen LogP contribution in [-0.2, 0) is 4.74 Å². The summed E-state index contributed by atoms with van der Waals surface area (Å²) in [6, 6.07) is 6.69. The van der Waals surface area contributed by atoms with E-state index in [1.165, 1.54) is 11.1 Å². The summed E-state index contributed by atoms with van der Waals surface area (Å²) in [5.74, 6) is 0.842. The summed E-state index contributed by atoms with van der Waals surface area (Å²) >= 11 is 0. The van der Waals surface area contributed by atoms with Crippen LogP contribution in [0.25, 0.3) is 5.69 Å². The van der Waals surface area contributed by atoms with E-state index < -0.39 is 0 Å². The molecule has 0 spiro atoms. The van der Waals surface area contributed by atoms with Gasteiger partial charge in [-0.25, -0.2) is 4.98 Å². The molecule has 2 rings (SSSR count). The Balaban J connectivity index is 2.28. The smallest absolute Gasteiger partial charge is 0.207 e. The molecule has 19 heavy (non-hydrogen) atoms. The molecule has 1 aromatic carbocycles. The molecule has 1 aromatic heterocycles. The number of nitrogens with zero attached hydrogens (tertiary/aromatic N) is 2. The summed E-state index contributed by atoms with van der Waals surface area (Å²) < 4.78 is 7.20. The van der Waals surface area contributed by atoms with Gasteiger partial charge in [-0.3, -0.25) is 4.57 Å². The Morgan fingerprint density at radius 1 is 1.26 bits per heavy atom. The van der Waals surface area contributed by atoms with Gasteiger partial charge in [0.15, 0.2) is 0 Å². The monoisotopic (exact) mass is 259 g/mol. The Bertz CT molecular complexity index is 528. The van der Waals surface area contributed by atoms with E-state index in [1.54, 1.807) is 13.3 Å². The first-order chi connectivity index (χ1) is 9.10. The number of methoxy groups -OCH3 is 1. The lowest BCUT2D eigenvalue weighted by molar-refractivity contribution is 0.190. The first-order valence-electron chi connectivity index (χ1n) is 6.47. The van der Waals surface area contributed by atoms with Crippen molar-refractivity contribution in [1.29, 1.82) is 0 Å². The van der Waals surface area contributed by atoms with Crippen molar-refractivity contribution in [3.63, 3.8) is 0 Å². The molecule has 1 N–H and O–H groups in total. The van der Waals surface area contributed by atoms with Crippen molar-refractivity contribution in [2.75, 3.05) is 19.0 Å². The lowest BCUT2D eigenvalue weighted by Crippen LogP contribution is -2.22. The topological polar surface area (TPSA) is 39.1 Å². The minimum Gasteiger partial charge on any atom is -0.383 e. The molecule has 0 saturated heterocycles. The Labute approximate surface area is 114 Å². The second-order valence-electron chi connectivity index (χ2n) is 4.97. The summed E-state index contributed by atoms with van der Waals surface area (Å²) in [5, 5.41) is 3.36. The quantitative estimate of drug-likeness (QED) is 0.897. The van der Waals surface area contributed by atoms with E-state index >= 15 is 0 Å². The zero-order chi connectivity index (χ0) is 13.8. The summed E-state index contributed by atoms with van der Waals surface area (Å²) in [7, 11) is 1.70. The second-order valence-corrected chi connectivity index (χ2v) is 4.97. The normalized spacial score (nSPS) is 12.4. The summed E-state index contributed by atoms with van der Waals surface area (Å²) in [6.45, 7) is 6.94. The largest absolute Gasteiger partial charge is 0.383 e. The standard InChI is InChI=1S/C15H21N3O/c1-11-7-12(2)9-14(8-11)18-6-5-16-15(18)17-13(3)10-19-4/h5-9,13H,10H2,1-4H3,(H,16,17). The fraction of sp³-hybridized carbons (Fsp3) is 0.400. The molecule has 0 aliphatic carbocycles. The fourth-order valence-corrected chi connectivity index (χ4v) is 2.22. The highest BCUT2D eigenvalue weighted by molar-refractivity contribution is 5.45. The molecule has 0 amide bonds. The van der Waals surface area contributed by atoms with E-state index in [9.17, 15) is 0 Å². The van der Waals surface area contributed by atoms with Gasteiger partial charge in [-0.1, -0.05) is 6.07 Å². The number of aryl methyl sites for hydroxylation is 2. The molecule has 0 aliphatic heterocycles. The first kappa shape index (κ1) is 13.6. The molecule has 1 heterocycles. The third kappa shape index (κ3) is 3.35. The number of anilines is 1. The zero-order valence-electron chi connectivity index (χ0n) is 12.0. The molecule has 102 valence electrons. The maximum Gasteiger partial charge on any atom is 0.207 e. The third-order valence-corrected chi connectivity index (χ3v) is 2.92. The molecular weight excluding hydrogens is 238 g/mol. The Kier molecular flexibility index (Phi) is 4.22. The van der Waals surface area contributed by atoms with E-state index in [4.69, 9.17) is 4.74 Å². The summed E-state index contributed by atoms with van der Waals surface area (Å²) in [5.41, 5.74) is 3.63. The van der Waals surface area contributed by atoms with Crippen molar-refractivity contribution in [3.8, 4) is 5.69 Å². The minimum atomic E-state index is 0.219. The number of hydrogen-bond acceptors (Lipinski definition) is 3. The Morgan fingerprint density at radius 2 is 1.95 bits per heavy atom. The minimum absolute atomic E-state index is 0.219. The van der Waals surface area contributed by atoms with Crippen LogP contribution in [0.4, 0.5) is 5.95 Å². The highest BCUT2D eigenvalue weighted by Gasteiger charge is 2.08. The number of benzene rings is 1. The van der Waals surface area contributed by atoms with Crippen LogP contribution in [0, 0.1) is 13.8 Å². The Morgan fingerprint density at radius 3 is 2.58 bits per heavy atom. The van der Waals surface area contributed by atoms with Gasteiger partial charge in [0, 0.05) is 31.2 Å². The predicted octanol–water partition coefficient (Wildman–Crippen LogP) is 2.94. The Hall–Kier alpha value is -1.81. The van der Waals surface area contributed by atoms with Gasteiger partial charge in [0.1, 0.15) is 0 Å². The number of nitrogens with one attached hydrogen (secondary N) is 1. The van der Waals surface area contributed by atoms with Gasteiger partial charge >= 0.3 is 0 Å². The summed E-state index contributed by atoms with van der Waals surface area (Å²) in [6.07, 6.45) is 3.77. The number of hydrogen-bond donors (Lipinski definition) is 1. The van der Waals surface area contributed by atoms with Crippen LogP contribution in [-0.4, -0.2) is 29.3 Å². The molecule has 4 heteroatoms. The van der Waals surface area contributed by atoms with Gasteiger partial charge in [-0.15, -0.1) is 0 Å². The van der Waals surface area contributed by atoms with E-state index in [1.807, 2.05) is 6.20 Å². The zero-order valence-corrected chi connectivity index (χ0v) is 12.0. The summed E-state index contributed by atoms with van der Waals surface area (Å²) in [4.78, 5) is 4.37. The lowest BCUT2D eigenvalue weighted by atomic mass is 10.1. The second kappa shape index (κ2) is 5.89. The van der Waals surface area contributed by atoms with Crippen molar-refractivity contribution in [2.24, 2.45) is 0 Å². The van der Waals surface area contributed by atoms with E-state index in [-0.39, 0.29) is 6.04 Å². The fourth-order valence-electron chi connectivity index (χ4n) is 2.22. The molecule has 0 bridgehead atoms. The molecule has 0 aliphatic rings. The van der Waals surface area contributed by atoms with Gasteiger partial charge < -0.3 is 10.1 Å². The molecule has 0 radical (unpaired) electrons. The van der Waals surface area contributed by atoms with Crippen molar-refractivity contribution >= 4 is 5.95 Å². The van der Waals surface area contributed by atoms with Crippen LogP contribution < -0.4 is 5.32 Å². The van der Waals surface area contributed by atoms with Gasteiger partial charge in [0.25, 0.3) is 0 Å². The number of rotatable bonds is 5. The molecule has 0 fully saturated rings. The van der Waals surface area contributed by atoms with Crippen LogP contribution in [0.1, 0.15) is 18.1 Å². The van der Waals surface area contributed by atoms with Gasteiger partial charge in [-0.2, -0.15) is 0 Å². The first-order valence-corrected chi connectivity index (χ1v) is 6.47. The number of ether oxygens (including phenoxy) is 1. The van der Waals surface area contributed by atoms with E-state index in [2.05, 4.69) is 53.8 Å². The van der Waals surface area contributed by atoms with Gasteiger partial charge in [0.05, 0.1) is 6.61 Å². The van der Waals surface area contributed by atoms with Crippen molar-refractivity contribution in [2.45, 2.75) is 26.8 Å². The van der Waals surface area contributed by atoms with E-state index in [0.29, 0.717) is 6.61 Å². The average molecular weight is 259 g/mol.